The van der Waals surface area contributed by atoms with Gasteiger partial charge >= 0.3 is 0 Å². The van der Waals surface area contributed by atoms with Crippen molar-refractivity contribution in [2.45, 2.75) is 45.6 Å². The monoisotopic (exact) mass is 286 g/mol. The average Bonchev–Trinajstić information content (AvgIpc) is 3.30. The summed E-state index contributed by atoms with van der Waals surface area (Å²) in [6.07, 6.45) is 4.84. The largest absolute Gasteiger partial charge is 0.335 e. The van der Waals surface area contributed by atoms with Gasteiger partial charge in [-0.25, -0.2) is 0 Å². The van der Waals surface area contributed by atoms with Gasteiger partial charge in [-0.1, -0.05) is 17.7 Å². The first-order chi connectivity index (χ1) is 10.1. The second kappa shape index (κ2) is 6.18. The standard InChI is InChI=1S/C18H26N2O/c1-13-5-8-17(14(2)10-13)18(21)20(16-6-7-16)12-15-4-3-9-19-11-15/h5,8,10,15-16,19H,3-4,6-7,9,11-12H2,1-2H3. The number of carbonyl (C=O) groups is 1. The van der Waals surface area contributed by atoms with Crippen LogP contribution in [0.1, 0.15) is 47.2 Å². The predicted molar refractivity (Wildman–Crippen MR) is 85.6 cm³/mol. The highest BCUT2D eigenvalue weighted by Crippen LogP contribution is 2.30. The number of rotatable bonds is 4. The van der Waals surface area contributed by atoms with Crippen LogP contribution < -0.4 is 5.32 Å². The lowest BCUT2D eigenvalue weighted by Crippen LogP contribution is -2.42. The molecule has 1 amide bonds. The number of nitrogens with one attached hydrogen (secondary N) is 1. The summed E-state index contributed by atoms with van der Waals surface area (Å²) in [6.45, 7) is 7.24. The molecular weight excluding hydrogens is 260 g/mol. The van der Waals surface area contributed by atoms with Gasteiger partial charge in [0, 0.05) is 18.2 Å². The number of hydrogen-bond acceptors (Lipinski definition) is 2. The zero-order valence-corrected chi connectivity index (χ0v) is 13.2. The van der Waals surface area contributed by atoms with Gasteiger partial charge in [-0.05, 0) is 70.2 Å². The summed E-state index contributed by atoms with van der Waals surface area (Å²) in [5, 5.41) is 3.46. The molecule has 1 unspecified atom stereocenters. The van der Waals surface area contributed by atoms with Crippen LogP contribution in [0.5, 0.6) is 0 Å². The molecule has 2 fully saturated rings. The van der Waals surface area contributed by atoms with E-state index >= 15 is 0 Å². The lowest BCUT2D eigenvalue weighted by Gasteiger charge is -2.30. The van der Waals surface area contributed by atoms with Crippen molar-refractivity contribution in [2.24, 2.45) is 5.92 Å². The SMILES string of the molecule is Cc1ccc(C(=O)N(CC2CCCNC2)C2CC2)c(C)c1. The summed E-state index contributed by atoms with van der Waals surface area (Å²) in [5.74, 6) is 0.856. The van der Waals surface area contributed by atoms with Crippen LogP contribution in [0.4, 0.5) is 0 Å². The van der Waals surface area contributed by atoms with Crippen molar-refractivity contribution < 1.29 is 4.79 Å². The number of hydrogen-bond donors (Lipinski definition) is 1. The molecule has 1 aromatic carbocycles. The molecule has 0 aromatic heterocycles. The average molecular weight is 286 g/mol. The molecule has 1 N–H and O–H groups in total. The number of amides is 1. The van der Waals surface area contributed by atoms with Crippen LogP contribution in [0.25, 0.3) is 0 Å². The van der Waals surface area contributed by atoms with Crippen LogP contribution >= 0.6 is 0 Å². The first-order valence-electron chi connectivity index (χ1n) is 8.24. The van der Waals surface area contributed by atoms with Gasteiger partial charge in [0.05, 0.1) is 0 Å². The summed E-state index contributed by atoms with van der Waals surface area (Å²) < 4.78 is 0. The van der Waals surface area contributed by atoms with Gasteiger partial charge in [0.15, 0.2) is 0 Å². The van der Waals surface area contributed by atoms with Gasteiger partial charge in [0.2, 0.25) is 0 Å². The van der Waals surface area contributed by atoms with E-state index in [-0.39, 0.29) is 5.91 Å². The van der Waals surface area contributed by atoms with E-state index in [0.29, 0.717) is 12.0 Å². The minimum atomic E-state index is 0.237. The molecule has 1 aromatic rings. The van der Waals surface area contributed by atoms with Gasteiger partial charge in [-0.3, -0.25) is 4.79 Å². The fraction of sp³-hybridized carbons (Fsp3) is 0.611. The highest BCUT2D eigenvalue weighted by molar-refractivity contribution is 5.96. The lowest BCUT2D eigenvalue weighted by atomic mass is 9.98. The Morgan fingerprint density at radius 3 is 2.71 bits per heavy atom. The molecular formula is C18H26N2O. The first kappa shape index (κ1) is 14.6. The predicted octanol–water partition coefficient (Wildman–Crippen LogP) is 2.91. The van der Waals surface area contributed by atoms with Gasteiger partial charge < -0.3 is 10.2 Å². The Balaban J connectivity index is 1.75. The molecule has 1 saturated heterocycles. The topological polar surface area (TPSA) is 32.3 Å². The highest BCUT2D eigenvalue weighted by Gasteiger charge is 2.35. The van der Waals surface area contributed by atoms with Gasteiger partial charge in [0.1, 0.15) is 0 Å². The van der Waals surface area contributed by atoms with Crippen molar-refractivity contribution in [3.05, 3.63) is 34.9 Å². The van der Waals surface area contributed by atoms with E-state index in [4.69, 9.17) is 0 Å². The van der Waals surface area contributed by atoms with Gasteiger partial charge in [0.25, 0.3) is 5.91 Å². The molecule has 3 nitrogen and oxygen atoms in total. The molecule has 0 bridgehead atoms. The Kier molecular flexibility index (Phi) is 4.29. The van der Waals surface area contributed by atoms with Crippen molar-refractivity contribution in [2.75, 3.05) is 19.6 Å². The molecule has 0 radical (unpaired) electrons. The van der Waals surface area contributed by atoms with Crippen LogP contribution in [0, 0.1) is 19.8 Å². The molecule has 1 aliphatic carbocycles. The van der Waals surface area contributed by atoms with Gasteiger partial charge in [-0.15, -0.1) is 0 Å². The smallest absolute Gasteiger partial charge is 0.254 e. The fourth-order valence-electron chi connectivity index (χ4n) is 3.35. The molecule has 2 aliphatic rings. The van der Waals surface area contributed by atoms with Crippen LogP contribution in [-0.4, -0.2) is 36.5 Å². The van der Waals surface area contributed by atoms with Crippen LogP contribution in [0.2, 0.25) is 0 Å². The number of benzene rings is 1. The quantitative estimate of drug-likeness (QED) is 0.923. The van der Waals surface area contributed by atoms with E-state index in [9.17, 15) is 4.79 Å². The maximum atomic E-state index is 12.9. The van der Waals surface area contributed by atoms with Gasteiger partial charge in [-0.2, -0.15) is 0 Å². The molecule has 1 heterocycles. The Labute approximate surface area is 127 Å². The molecule has 1 saturated carbocycles. The summed E-state index contributed by atoms with van der Waals surface area (Å²) in [4.78, 5) is 15.1. The van der Waals surface area contributed by atoms with E-state index in [0.717, 1.165) is 30.8 Å². The molecule has 3 rings (SSSR count). The third-order valence-corrected chi connectivity index (χ3v) is 4.71. The number of nitrogens with zero attached hydrogens (tertiary/aromatic N) is 1. The van der Waals surface area contributed by atoms with Crippen molar-refractivity contribution >= 4 is 5.91 Å². The molecule has 0 spiro atoms. The van der Waals surface area contributed by atoms with E-state index in [1.807, 2.05) is 19.1 Å². The zero-order chi connectivity index (χ0) is 14.8. The van der Waals surface area contributed by atoms with E-state index in [1.165, 1.54) is 31.2 Å². The number of carbonyl (C=O) groups excluding carboxylic acids is 1. The molecule has 21 heavy (non-hydrogen) atoms. The van der Waals surface area contributed by atoms with E-state index in [1.54, 1.807) is 0 Å². The summed E-state index contributed by atoms with van der Waals surface area (Å²) in [6, 6.07) is 6.65. The van der Waals surface area contributed by atoms with E-state index in [2.05, 4.69) is 23.2 Å². The molecule has 1 atom stereocenters. The minimum Gasteiger partial charge on any atom is -0.335 e. The maximum absolute atomic E-state index is 12.9. The molecule has 1 aliphatic heterocycles. The second-order valence-corrected chi connectivity index (χ2v) is 6.72. The third kappa shape index (κ3) is 3.46. The molecule has 114 valence electrons. The maximum Gasteiger partial charge on any atom is 0.254 e. The van der Waals surface area contributed by atoms with Crippen molar-refractivity contribution in [1.82, 2.24) is 10.2 Å². The Bertz CT molecular complexity index is 516. The zero-order valence-electron chi connectivity index (χ0n) is 13.2. The first-order valence-corrected chi connectivity index (χ1v) is 8.24. The summed E-state index contributed by atoms with van der Waals surface area (Å²) in [5.41, 5.74) is 3.21. The Morgan fingerprint density at radius 2 is 2.10 bits per heavy atom. The van der Waals surface area contributed by atoms with E-state index < -0.39 is 0 Å². The van der Waals surface area contributed by atoms with Crippen LogP contribution in [0.3, 0.4) is 0 Å². The fourth-order valence-corrected chi connectivity index (χ4v) is 3.35. The summed E-state index contributed by atoms with van der Waals surface area (Å²) in [7, 11) is 0. The van der Waals surface area contributed by atoms with Crippen molar-refractivity contribution in [1.29, 1.82) is 0 Å². The number of aryl methyl sites for hydroxylation is 2. The van der Waals surface area contributed by atoms with Crippen molar-refractivity contribution in [3.63, 3.8) is 0 Å². The Morgan fingerprint density at radius 1 is 1.29 bits per heavy atom. The number of piperidine rings is 1. The van der Waals surface area contributed by atoms with Crippen molar-refractivity contribution in [3.8, 4) is 0 Å². The summed E-state index contributed by atoms with van der Waals surface area (Å²) >= 11 is 0. The molecule has 3 heteroatoms. The normalized spacial score (nSPS) is 22.1. The second-order valence-electron chi connectivity index (χ2n) is 6.72. The minimum absolute atomic E-state index is 0.237. The van der Waals surface area contributed by atoms with Crippen LogP contribution in [-0.2, 0) is 0 Å². The third-order valence-electron chi connectivity index (χ3n) is 4.71. The highest BCUT2D eigenvalue weighted by atomic mass is 16.2. The Hall–Kier alpha value is -1.35. The lowest BCUT2D eigenvalue weighted by molar-refractivity contribution is 0.0703. The van der Waals surface area contributed by atoms with Crippen LogP contribution in [0.15, 0.2) is 18.2 Å².